The van der Waals surface area contributed by atoms with Gasteiger partial charge in [0.05, 0.1) is 10.7 Å². The predicted molar refractivity (Wildman–Crippen MR) is 77.3 cm³/mol. The number of carbonyl (C=O) groups excluding carboxylic acids is 1. The lowest BCUT2D eigenvalue weighted by Gasteiger charge is -2.08. The number of nitrogens with one attached hydrogen (secondary N) is 1. The van der Waals surface area contributed by atoms with Gasteiger partial charge < -0.3 is 11.1 Å². The Morgan fingerprint density at radius 1 is 1.47 bits per heavy atom. The fraction of sp³-hybridized carbons (Fsp3) is 0.417. The normalized spacial score (nSPS) is 11.9. The molecular weight excluding hydrogens is 266 g/mol. The van der Waals surface area contributed by atoms with E-state index in [9.17, 15) is 14.9 Å². The highest BCUT2D eigenvalue weighted by molar-refractivity contribution is 7.99. The fourth-order valence-electron chi connectivity index (χ4n) is 1.28. The van der Waals surface area contributed by atoms with Gasteiger partial charge in [-0.15, -0.1) is 0 Å². The summed E-state index contributed by atoms with van der Waals surface area (Å²) in [6.45, 7) is 2.64. The van der Waals surface area contributed by atoms with Gasteiger partial charge in [-0.3, -0.25) is 14.9 Å². The molecule has 1 aromatic rings. The topological polar surface area (TPSA) is 98.3 Å². The molecule has 1 unspecified atom stereocenters. The van der Waals surface area contributed by atoms with Crippen molar-refractivity contribution in [2.75, 3.05) is 23.4 Å². The van der Waals surface area contributed by atoms with Gasteiger partial charge in [-0.25, -0.2) is 0 Å². The number of nitro benzene ring substituents is 1. The monoisotopic (exact) mass is 283 g/mol. The van der Waals surface area contributed by atoms with Crippen molar-refractivity contribution >= 4 is 29.0 Å². The molecule has 0 aliphatic heterocycles. The summed E-state index contributed by atoms with van der Waals surface area (Å²) in [6, 6.07) is 5.75. The van der Waals surface area contributed by atoms with Gasteiger partial charge >= 0.3 is 0 Å². The maximum Gasteiger partial charge on any atom is 0.269 e. The summed E-state index contributed by atoms with van der Waals surface area (Å²) in [7, 11) is 0. The maximum absolute atomic E-state index is 11.6. The number of nitrogens with two attached hydrogens (primary N) is 1. The second-order valence-corrected chi connectivity index (χ2v) is 5.24. The smallest absolute Gasteiger partial charge is 0.269 e. The van der Waals surface area contributed by atoms with Crippen molar-refractivity contribution in [1.29, 1.82) is 0 Å². The van der Waals surface area contributed by atoms with E-state index in [-0.39, 0.29) is 11.6 Å². The largest absolute Gasteiger partial charge is 0.330 e. The van der Waals surface area contributed by atoms with E-state index in [1.807, 2.05) is 6.92 Å². The van der Waals surface area contributed by atoms with Gasteiger partial charge in [0.1, 0.15) is 0 Å². The quantitative estimate of drug-likeness (QED) is 0.588. The van der Waals surface area contributed by atoms with Crippen LogP contribution >= 0.6 is 11.8 Å². The number of nitro groups is 1. The van der Waals surface area contributed by atoms with Crippen molar-refractivity contribution in [3.8, 4) is 0 Å². The lowest BCUT2D eigenvalue weighted by molar-refractivity contribution is -0.384. The third-order valence-electron chi connectivity index (χ3n) is 2.40. The minimum absolute atomic E-state index is 0.00384. The first-order chi connectivity index (χ1) is 9.02. The molecule has 6 nitrogen and oxygen atoms in total. The first kappa shape index (κ1) is 15.5. The van der Waals surface area contributed by atoms with E-state index in [0.29, 0.717) is 23.9 Å². The number of thioether (sulfide) groups is 1. The summed E-state index contributed by atoms with van der Waals surface area (Å²) in [5, 5.41) is 13.2. The molecule has 0 aliphatic rings. The Kier molecular flexibility index (Phi) is 6.31. The van der Waals surface area contributed by atoms with Crippen LogP contribution in [0, 0.1) is 16.0 Å². The Balaban J connectivity index is 2.38. The lowest BCUT2D eigenvalue weighted by Crippen LogP contribution is -2.17. The summed E-state index contributed by atoms with van der Waals surface area (Å²) < 4.78 is 0. The van der Waals surface area contributed by atoms with Crippen molar-refractivity contribution in [2.24, 2.45) is 11.7 Å². The molecule has 0 fully saturated rings. The zero-order valence-electron chi connectivity index (χ0n) is 10.7. The molecule has 0 aromatic heterocycles. The van der Waals surface area contributed by atoms with Crippen molar-refractivity contribution < 1.29 is 9.72 Å². The van der Waals surface area contributed by atoms with Gasteiger partial charge in [-0.05, 0) is 30.3 Å². The molecule has 7 heteroatoms. The number of hydrogen-bond donors (Lipinski definition) is 2. The Labute approximate surface area is 115 Å². The highest BCUT2D eigenvalue weighted by atomic mass is 32.2. The molecular formula is C12H17N3O3S. The molecule has 0 saturated heterocycles. The number of rotatable bonds is 7. The predicted octanol–water partition coefficient (Wildman–Crippen LogP) is 1.86. The van der Waals surface area contributed by atoms with Gasteiger partial charge in [0.15, 0.2) is 0 Å². The summed E-state index contributed by atoms with van der Waals surface area (Å²) in [4.78, 5) is 21.6. The van der Waals surface area contributed by atoms with Gasteiger partial charge in [-0.1, -0.05) is 6.92 Å². The zero-order chi connectivity index (χ0) is 14.3. The van der Waals surface area contributed by atoms with E-state index in [1.165, 1.54) is 36.0 Å². The van der Waals surface area contributed by atoms with Crippen LogP contribution in [0.25, 0.3) is 0 Å². The summed E-state index contributed by atoms with van der Waals surface area (Å²) in [5.41, 5.74) is 6.04. The molecule has 104 valence electrons. The van der Waals surface area contributed by atoms with Gasteiger partial charge in [-0.2, -0.15) is 11.8 Å². The van der Waals surface area contributed by atoms with Gasteiger partial charge in [0.25, 0.3) is 5.69 Å². The number of anilines is 1. The van der Waals surface area contributed by atoms with E-state index >= 15 is 0 Å². The van der Waals surface area contributed by atoms with E-state index in [1.54, 1.807) is 0 Å². The molecule has 3 N–H and O–H groups in total. The number of non-ortho nitro benzene ring substituents is 1. The van der Waals surface area contributed by atoms with Crippen LogP contribution in [0.4, 0.5) is 11.4 Å². The molecule has 19 heavy (non-hydrogen) atoms. The van der Waals surface area contributed by atoms with Gasteiger partial charge in [0, 0.05) is 17.8 Å². The van der Waals surface area contributed by atoms with Crippen LogP contribution in [0.3, 0.4) is 0 Å². The Morgan fingerprint density at radius 2 is 2.11 bits per heavy atom. The summed E-state index contributed by atoms with van der Waals surface area (Å²) in [6.07, 6.45) is 0. The van der Waals surface area contributed by atoms with Crippen LogP contribution in [-0.2, 0) is 4.79 Å². The third kappa shape index (κ3) is 5.71. The molecule has 1 amide bonds. The third-order valence-corrected chi connectivity index (χ3v) is 3.67. The molecule has 0 radical (unpaired) electrons. The van der Waals surface area contributed by atoms with E-state index in [0.717, 1.165) is 5.75 Å². The SMILES string of the molecule is CC(CN)CSCC(=O)Nc1ccc([N+](=O)[O-])cc1. The second-order valence-electron chi connectivity index (χ2n) is 4.21. The molecule has 0 bridgehead atoms. The molecule has 0 heterocycles. The highest BCUT2D eigenvalue weighted by Gasteiger charge is 2.07. The zero-order valence-corrected chi connectivity index (χ0v) is 11.5. The highest BCUT2D eigenvalue weighted by Crippen LogP contribution is 2.16. The standard InChI is InChI=1S/C12H17N3O3S/c1-9(6-13)7-19-8-12(16)14-10-2-4-11(5-3-10)15(17)18/h2-5,9H,6-8,13H2,1H3,(H,14,16). The maximum atomic E-state index is 11.6. The summed E-state index contributed by atoms with van der Waals surface area (Å²) in [5.74, 6) is 1.45. The first-order valence-electron chi connectivity index (χ1n) is 5.85. The molecule has 1 rings (SSSR count). The van der Waals surface area contributed by atoms with Crippen molar-refractivity contribution in [3.05, 3.63) is 34.4 Å². The molecule has 0 aliphatic carbocycles. The Bertz CT molecular complexity index is 436. The minimum atomic E-state index is -0.477. The number of nitrogens with zero attached hydrogens (tertiary/aromatic N) is 1. The average Bonchev–Trinajstić information content (AvgIpc) is 2.39. The lowest BCUT2D eigenvalue weighted by atomic mass is 10.2. The molecule has 0 saturated carbocycles. The van der Waals surface area contributed by atoms with Crippen molar-refractivity contribution in [1.82, 2.24) is 0 Å². The Morgan fingerprint density at radius 3 is 2.63 bits per heavy atom. The first-order valence-corrected chi connectivity index (χ1v) is 7.00. The second kappa shape index (κ2) is 7.75. The number of carbonyl (C=O) groups is 1. The number of amides is 1. The van der Waals surface area contributed by atoms with Crippen LogP contribution in [0.5, 0.6) is 0 Å². The Hall–Kier alpha value is -1.60. The minimum Gasteiger partial charge on any atom is -0.330 e. The van der Waals surface area contributed by atoms with Crippen LogP contribution in [0.2, 0.25) is 0 Å². The van der Waals surface area contributed by atoms with E-state index < -0.39 is 4.92 Å². The average molecular weight is 283 g/mol. The van der Waals surface area contributed by atoms with Gasteiger partial charge in [0.2, 0.25) is 5.91 Å². The molecule has 0 spiro atoms. The summed E-state index contributed by atoms with van der Waals surface area (Å²) >= 11 is 1.52. The van der Waals surface area contributed by atoms with E-state index in [4.69, 9.17) is 5.73 Å². The van der Waals surface area contributed by atoms with Crippen molar-refractivity contribution in [2.45, 2.75) is 6.92 Å². The van der Waals surface area contributed by atoms with E-state index in [2.05, 4.69) is 5.32 Å². The van der Waals surface area contributed by atoms with Crippen LogP contribution in [0.15, 0.2) is 24.3 Å². The fourth-order valence-corrected chi connectivity index (χ4v) is 2.20. The molecule has 1 atom stereocenters. The van der Waals surface area contributed by atoms with Crippen LogP contribution in [-0.4, -0.2) is 28.9 Å². The molecule has 1 aromatic carbocycles. The van der Waals surface area contributed by atoms with Crippen LogP contribution < -0.4 is 11.1 Å². The number of hydrogen-bond acceptors (Lipinski definition) is 5. The van der Waals surface area contributed by atoms with Crippen LogP contribution in [0.1, 0.15) is 6.92 Å². The number of benzene rings is 1. The van der Waals surface area contributed by atoms with Crippen molar-refractivity contribution in [3.63, 3.8) is 0 Å².